The number of benzene rings is 1. The SMILES string of the molecule is CC(C(=O)Nc1ccc(O)c(Cl)c1)C1CNC1. The normalized spacial score (nSPS) is 17.3. The molecule has 5 heteroatoms. The quantitative estimate of drug-likeness (QED) is 0.722. The molecule has 1 fully saturated rings. The van der Waals surface area contributed by atoms with Crippen LogP contribution < -0.4 is 10.6 Å². The number of nitrogens with one attached hydrogen (secondary N) is 2. The molecule has 4 nitrogen and oxygen atoms in total. The number of hydrogen-bond donors (Lipinski definition) is 3. The largest absolute Gasteiger partial charge is 0.506 e. The molecule has 1 aromatic carbocycles. The first-order valence-corrected chi connectivity index (χ1v) is 5.96. The van der Waals surface area contributed by atoms with Gasteiger partial charge in [0.2, 0.25) is 5.91 Å². The molecule has 1 heterocycles. The van der Waals surface area contributed by atoms with Gasteiger partial charge < -0.3 is 15.7 Å². The van der Waals surface area contributed by atoms with E-state index in [0.717, 1.165) is 13.1 Å². The zero-order valence-electron chi connectivity index (χ0n) is 9.53. The molecular weight excluding hydrogens is 240 g/mol. The number of aromatic hydroxyl groups is 1. The standard InChI is InChI=1S/C12H15ClN2O2/c1-7(8-5-14-6-8)12(17)15-9-2-3-11(16)10(13)4-9/h2-4,7-8,14,16H,5-6H2,1H3,(H,15,17). The van der Waals surface area contributed by atoms with Crippen LogP contribution in [0.15, 0.2) is 18.2 Å². The van der Waals surface area contributed by atoms with Gasteiger partial charge in [0.05, 0.1) is 5.02 Å². The highest BCUT2D eigenvalue weighted by Crippen LogP contribution is 2.26. The Labute approximate surface area is 105 Å². The third kappa shape index (κ3) is 2.70. The van der Waals surface area contributed by atoms with Crippen molar-refractivity contribution < 1.29 is 9.90 Å². The van der Waals surface area contributed by atoms with Gasteiger partial charge in [-0.05, 0) is 37.2 Å². The Morgan fingerprint density at radius 3 is 2.82 bits per heavy atom. The maximum Gasteiger partial charge on any atom is 0.227 e. The zero-order chi connectivity index (χ0) is 12.4. The number of anilines is 1. The molecule has 0 bridgehead atoms. The molecule has 3 N–H and O–H groups in total. The van der Waals surface area contributed by atoms with Crippen molar-refractivity contribution >= 4 is 23.2 Å². The third-order valence-corrected chi connectivity index (χ3v) is 3.45. The molecule has 1 aliphatic heterocycles. The molecule has 1 aliphatic rings. The van der Waals surface area contributed by atoms with E-state index in [1.807, 2.05) is 6.92 Å². The smallest absolute Gasteiger partial charge is 0.227 e. The Morgan fingerprint density at radius 1 is 1.59 bits per heavy atom. The van der Waals surface area contributed by atoms with Crippen LogP contribution in [-0.4, -0.2) is 24.1 Å². The predicted molar refractivity (Wildman–Crippen MR) is 67.3 cm³/mol. The molecule has 0 radical (unpaired) electrons. The minimum absolute atomic E-state index is 0.0147. The number of phenolic OH excluding ortho intramolecular Hbond substituents is 1. The van der Waals surface area contributed by atoms with Crippen LogP contribution in [0.25, 0.3) is 0 Å². The number of halogens is 1. The van der Waals surface area contributed by atoms with Crippen LogP contribution in [0.2, 0.25) is 5.02 Å². The Hall–Kier alpha value is -1.26. The van der Waals surface area contributed by atoms with Crippen molar-refractivity contribution in [3.05, 3.63) is 23.2 Å². The zero-order valence-corrected chi connectivity index (χ0v) is 10.3. The molecule has 0 saturated carbocycles. The lowest BCUT2D eigenvalue weighted by molar-refractivity contribution is -0.121. The summed E-state index contributed by atoms with van der Waals surface area (Å²) < 4.78 is 0. The summed E-state index contributed by atoms with van der Waals surface area (Å²) in [5.74, 6) is 0.380. The highest BCUT2D eigenvalue weighted by molar-refractivity contribution is 6.32. The van der Waals surface area contributed by atoms with Crippen molar-refractivity contribution in [1.82, 2.24) is 5.32 Å². The lowest BCUT2D eigenvalue weighted by Crippen LogP contribution is -2.48. The molecule has 0 spiro atoms. The number of phenols is 1. The van der Waals surface area contributed by atoms with Crippen molar-refractivity contribution in [2.75, 3.05) is 18.4 Å². The second kappa shape index (κ2) is 4.94. The Kier molecular flexibility index (Phi) is 3.54. The lowest BCUT2D eigenvalue weighted by Gasteiger charge is -2.31. The van der Waals surface area contributed by atoms with Crippen molar-refractivity contribution in [3.8, 4) is 5.75 Å². The van der Waals surface area contributed by atoms with Crippen molar-refractivity contribution in [1.29, 1.82) is 0 Å². The van der Waals surface area contributed by atoms with E-state index in [2.05, 4.69) is 10.6 Å². The molecule has 1 aromatic rings. The lowest BCUT2D eigenvalue weighted by atomic mass is 9.88. The van der Waals surface area contributed by atoms with Gasteiger partial charge in [0, 0.05) is 11.6 Å². The number of hydrogen-bond acceptors (Lipinski definition) is 3. The average Bonchev–Trinajstić information content (AvgIpc) is 2.21. The van der Waals surface area contributed by atoms with Gasteiger partial charge in [-0.2, -0.15) is 0 Å². The average molecular weight is 255 g/mol. The topological polar surface area (TPSA) is 61.4 Å². The van der Waals surface area contributed by atoms with Crippen LogP contribution in [0, 0.1) is 11.8 Å². The van der Waals surface area contributed by atoms with Gasteiger partial charge in [0.1, 0.15) is 5.75 Å². The number of carbonyl (C=O) groups is 1. The third-order valence-electron chi connectivity index (χ3n) is 3.15. The summed E-state index contributed by atoms with van der Waals surface area (Å²) in [4.78, 5) is 11.9. The van der Waals surface area contributed by atoms with E-state index in [0.29, 0.717) is 11.6 Å². The summed E-state index contributed by atoms with van der Waals surface area (Å²) in [7, 11) is 0. The molecule has 17 heavy (non-hydrogen) atoms. The number of rotatable bonds is 3. The van der Waals surface area contributed by atoms with Crippen LogP contribution in [0.3, 0.4) is 0 Å². The van der Waals surface area contributed by atoms with Gasteiger partial charge >= 0.3 is 0 Å². The van der Waals surface area contributed by atoms with Gasteiger partial charge in [-0.25, -0.2) is 0 Å². The number of carbonyl (C=O) groups excluding carboxylic acids is 1. The van der Waals surface area contributed by atoms with Crippen LogP contribution in [-0.2, 0) is 4.79 Å². The van der Waals surface area contributed by atoms with Gasteiger partial charge in [-0.3, -0.25) is 4.79 Å². The molecule has 1 amide bonds. The van der Waals surface area contributed by atoms with E-state index in [1.54, 1.807) is 12.1 Å². The fourth-order valence-corrected chi connectivity index (χ4v) is 1.90. The molecule has 2 rings (SSSR count). The maximum absolute atomic E-state index is 11.9. The summed E-state index contributed by atoms with van der Waals surface area (Å²) in [5.41, 5.74) is 0.608. The van der Waals surface area contributed by atoms with E-state index in [-0.39, 0.29) is 22.6 Å². The Morgan fingerprint density at radius 2 is 2.29 bits per heavy atom. The molecule has 1 unspecified atom stereocenters. The van der Waals surface area contributed by atoms with Crippen LogP contribution >= 0.6 is 11.6 Å². The molecular formula is C12H15ClN2O2. The second-order valence-corrected chi connectivity index (χ2v) is 4.77. The summed E-state index contributed by atoms with van der Waals surface area (Å²) in [6, 6.07) is 4.64. The highest BCUT2D eigenvalue weighted by atomic mass is 35.5. The van der Waals surface area contributed by atoms with Gasteiger partial charge in [0.25, 0.3) is 0 Å². The monoisotopic (exact) mass is 254 g/mol. The Bertz CT molecular complexity index is 433. The Balaban J connectivity index is 1.99. The van der Waals surface area contributed by atoms with Gasteiger partial charge in [-0.1, -0.05) is 18.5 Å². The second-order valence-electron chi connectivity index (χ2n) is 4.36. The van der Waals surface area contributed by atoms with Gasteiger partial charge in [0.15, 0.2) is 0 Å². The van der Waals surface area contributed by atoms with E-state index < -0.39 is 0 Å². The van der Waals surface area contributed by atoms with Crippen molar-refractivity contribution in [2.45, 2.75) is 6.92 Å². The summed E-state index contributed by atoms with van der Waals surface area (Å²) in [5, 5.41) is 15.4. The first-order valence-electron chi connectivity index (χ1n) is 5.58. The maximum atomic E-state index is 11.9. The van der Waals surface area contributed by atoms with Crippen LogP contribution in [0.1, 0.15) is 6.92 Å². The molecule has 1 saturated heterocycles. The fraction of sp³-hybridized carbons (Fsp3) is 0.417. The molecule has 92 valence electrons. The summed E-state index contributed by atoms with van der Waals surface area (Å²) in [6.07, 6.45) is 0. The first-order chi connectivity index (χ1) is 8.08. The van der Waals surface area contributed by atoms with Crippen LogP contribution in [0.4, 0.5) is 5.69 Å². The van der Waals surface area contributed by atoms with E-state index >= 15 is 0 Å². The molecule has 0 aromatic heterocycles. The fourth-order valence-electron chi connectivity index (χ4n) is 1.72. The van der Waals surface area contributed by atoms with Gasteiger partial charge in [-0.15, -0.1) is 0 Å². The molecule has 0 aliphatic carbocycles. The minimum Gasteiger partial charge on any atom is -0.506 e. The summed E-state index contributed by atoms with van der Waals surface area (Å²) >= 11 is 5.77. The van der Waals surface area contributed by atoms with E-state index in [1.165, 1.54) is 6.07 Å². The first kappa shape index (κ1) is 12.2. The molecule has 1 atom stereocenters. The predicted octanol–water partition coefficient (Wildman–Crippen LogP) is 1.84. The minimum atomic E-state index is -0.0242. The van der Waals surface area contributed by atoms with E-state index in [4.69, 9.17) is 11.6 Å². The highest BCUT2D eigenvalue weighted by Gasteiger charge is 2.28. The van der Waals surface area contributed by atoms with E-state index in [9.17, 15) is 9.90 Å². The number of amides is 1. The van der Waals surface area contributed by atoms with Crippen molar-refractivity contribution in [2.24, 2.45) is 11.8 Å². The van der Waals surface area contributed by atoms with Crippen molar-refractivity contribution in [3.63, 3.8) is 0 Å². The van der Waals surface area contributed by atoms with Crippen LogP contribution in [0.5, 0.6) is 5.75 Å². The summed E-state index contributed by atoms with van der Waals surface area (Å²) in [6.45, 7) is 3.71.